The van der Waals surface area contributed by atoms with E-state index in [4.69, 9.17) is 10.6 Å². The highest BCUT2D eigenvalue weighted by Crippen LogP contribution is 2.36. The van der Waals surface area contributed by atoms with Crippen molar-refractivity contribution in [3.8, 4) is 5.75 Å². The molecule has 4 heteroatoms. The van der Waals surface area contributed by atoms with E-state index in [1.165, 1.54) is 10.4 Å². The number of thiophene rings is 1. The van der Waals surface area contributed by atoms with E-state index in [1.54, 1.807) is 0 Å². The van der Waals surface area contributed by atoms with Crippen molar-refractivity contribution in [3.63, 3.8) is 0 Å². The van der Waals surface area contributed by atoms with Crippen LogP contribution in [0.2, 0.25) is 0 Å². The van der Waals surface area contributed by atoms with E-state index in [-0.39, 0.29) is 0 Å². The highest BCUT2D eigenvalue weighted by molar-refractivity contribution is 7.09. The molecule has 0 spiro atoms. The van der Waals surface area contributed by atoms with Crippen LogP contribution in [0.5, 0.6) is 5.75 Å². The minimum atomic E-state index is 0.294. The Balaban J connectivity index is 1.73. The van der Waals surface area contributed by atoms with Gasteiger partial charge in [-0.05, 0) is 42.3 Å². The van der Waals surface area contributed by atoms with E-state index < -0.39 is 0 Å². The quantitative estimate of drug-likeness (QED) is 0.656. The fourth-order valence-electron chi connectivity index (χ4n) is 2.94. The Hall–Kier alpha value is -1.36. The lowest BCUT2D eigenvalue weighted by Crippen LogP contribution is -2.41. The van der Waals surface area contributed by atoms with Crippen molar-refractivity contribution in [2.24, 2.45) is 5.84 Å². The lowest BCUT2D eigenvalue weighted by molar-refractivity contribution is 0.242. The smallest absolute Gasteiger partial charge is 0.122 e. The molecule has 0 radical (unpaired) electrons. The molecule has 106 valence electrons. The topological polar surface area (TPSA) is 47.3 Å². The summed E-state index contributed by atoms with van der Waals surface area (Å²) in [5.74, 6) is 7.26. The lowest BCUT2D eigenvalue weighted by Gasteiger charge is -2.32. The average Bonchev–Trinajstić information content (AvgIpc) is 3.01. The summed E-state index contributed by atoms with van der Waals surface area (Å²) in [5, 5.41) is 2.13. The molecule has 20 heavy (non-hydrogen) atoms. The van der Waals surface area contributed by atoms with Crippen molar-refractivity contribution in [3.05, 3.63) is 52.2 Å². The molecule has 1 aliphatic rings. The van der Waals surface area contributed by atoms with Crippen LogP contribution < -0.4 is 16.0 Å². The van der Waals surface area contributed by atoms with E-state index in [0.717, 1.165) is 31.6 Å². The molecule has 0 fully saturated rings. The Morgan fingerprint density at radius 3 is 3.00 bits per heavy atom. The number of benzene rings is 1. The number of para-hydroxylation sites is 1. The van der Waals surface area contributed by atoms with Gasteiger partial charge in [0.1, 0.15) is 5.75 Å². The summed E-state index contributed by atoms with van der Waals surface area (Å²) in [7, 11) is 0. The van der Waals surface area contributed by atoms with Gasteiger partial charge in [-0.3, -0.25) is 11.3 Å². The predicted octanol–water partition coefficient (Wildman–Crippen LogP) is 3.08. The van der Waals surface area contributed by atoms with Crippen LogP contribution in [-0.4, -0.2) is 12.6 Å². The van der Waals surface area contributed by atoms with Gasteiger partial charge in [-0.15, -0.1) is 11.3 Å². The third-order valence-electron chi connectivity index (χ3n) is 3.99. The zero-order chi connectivity index (χ0) is 13.8. The molecule has 0 bridgehead atoms. The summed E-state index contributed by atoms with van der Waals surface area (Å²) in [5.41, 5.74) is 4.31. The first-order valence-corrected chi connectivity index (χ1v) is 7.96. The monoisotopic (exact) mass is 288 g/mol. The molecule has 0 saturated carbocycles. The minimum Gasteiger partial charge on any atom is -0.493 e. The van der Waals surface area contributed by atoms with Gasteiger partial charge in [-0.1, -0.05) is 24.3 Å². The molecule has 1 aromatic heterocycles. The van der Waals surface area contributed by atoms with Crippen molar-refractivity contribution >= 4 is 11.3 Å². The van der Waals surface area contributed by atoms with Crippen molar-refractivity contribution in [2.45, 2.75) is 31.2 Å². The minimum absolute atomic E-state index is 0.294. The number of hydrogen-bond acceptors (Lipinski definition) is 4. The van der Waals surface area contributed by atoms with Crippen LogP contribution >= 0.6 is 11.3 Å². The maximum atomic E-state index is 5.81. The molecule has 2 aromatic rings. The van der Waals surface area contributed by atoms with E-state index in [9.17, 15) is 0 Å². The van der Waals surface area contributed by atoms with Crippen LogP contribution in [0.1, 0.15) is 29.2 Å². The van der Waals surface area contributed by atoms with Gasteiger partial charge in [0, 0.05) is 16.8 Å². The third-order valence-corrected chi connectivity index (χ3v) is 4.92. The van der Waals surface area contributed by atoms with Gasteiger partial charge < -0.3 is 4.74 Å². The summed E-state index contributed by atoms with van der Waals surface area (Å²) < 4.78 is 5.73. The largest absolute Gasteiger partial charge is 0.493 e. The maximum Gasteiger partial charge on any atom is 0.122 e. The first-order valence-electron chi connectivity index (χ1n) is 7.08. The van der Waals surface area contributed by atoms with E-state index in [2.05, 4.69) is 35.1 Å². The lowest BCUT2D eigenvalue weighted by atomic mass is 9.85. The molecular formula is C16H20N2OS. The normalized spacial score (nSPS) is 19.1. The first kappa shape index (κ1) is 13.6. The highest BCUT2D eigenvalue weighted by atomic mass is 32.1. The molecule has 2 atom stereocenters. The number of hydrogen-bond donors (Lipinski definition) is 2. The van der Waals surface area contributed by atoms with Crippen LogP contribution in [-0.2, 0) is 6.42 Å². The van der Waals surface area contributed by atoms with Crippen molar-refractivity contribution in [1.29, 1.82) is 0 Å². The fraction of sp³-hybridized carbons (Fsp3) is 0.375. The molecule has 3 rings (SSSR count). The Bertz CT molecular complexity index is 541. The second-order valence-electron chi connectivity index (χ2n) is 5.17. The molecule has 3 nitrogen and oxygen atoms in total. The van der Waals surface area contributed by atoms with Crippen LogP contribution in [0, 0.1) is 0 Å². The second kappa shape index (κ2) is 6.39. The van der Waals surface area contributed by atoms with E-state index in [1.807, 2.05) is 23.5 Å². The number of ether oxygens (including phenoxy) is 1. The number of nitrogens with two attached hydrogens (primary N) is 1. The van der Waals surface area contributed by atoms with Gasteiger partial charge in [0.25, 0.3) is 0 Å². The molecule has 2 unspecified atom stereocenters. The Kier molecular flexibility index (Phi) is 4.35. The Morgan fingerprint density at radius 1 is 1.30 bits per heavy atom. The number of nitrogens with one attached hydrogen (secondary N) is 1. The van der Waals surface area contributed by atoms with Gasteiger partial charge in [0.2, 0.25) is 0 Å². The predicted molar refractivity (Wildman–Crippen MR) is 83.0 cm³/mol. The van der Waals surface area contributed by atoms with E-state index in [0.29, 0.717) is 12.0 Å². The van der Waals surface area contributed by atoms with Gasteiger partial charge in [0.05, 0.1) is 6.61 Å². The molecule has 3 N–H and O–H groups in total. The van der Waals surface area contributed by atoms with Gasteiger partial charge >= 0.3 is 0 Å². The molecule has 0 aliphatic carbocycles. The molecule has 1 aromatic carbocycles. The zero-order valence-corrected chi connectivity index (χ0v) is 12.2. The van der Waals surface area contributed by atoms with Crippen molar-refractivity contribution in [2.75, 3.05) is 6.61 Å². The van der Waals surface area contributed by atoms with Crippen LogP contribution in [0.3, 0.4) is 0 Å². The highest BCUT2D eigenvalue weighted by Gasteiger charge is 2.27. The molecule has 0 saturated heterocycles. The van der Waals surface area contributed by atoms with Crippen molar-refractivity contribution in [1.82, 2.24) is 5.43 Å². The fourth-order valence-corrected chi connectivity index (χ4v) is 3.67. The molecular weight excluding hydrogens is 268 g/mol. The number of rotatable bonds is 5. The van der Waals surface area contributed by atoms with Gasteiger partial charge in [-0.25, -0.2) is 0 Å². The third kappa shape index (κ3) is 2.87. The SMILES string of the molecule is NNC(CCc1cccs1)C1CCOc2ccccc21. The maximum absolute atomic E-state index is 5.81. The average molecular weight is 288 g/mol. The number of hydrazine groups is 1. The standard InChI is InChI=1S/C16H20N2OS/c17-18-15(8-7-12-4-3-11-20-12)13-9-10-19-16-6-2-1-5-14(13)16/h1-6,11,13,15,18H,7-10,17H2. The Labute approximate surface area is 123 Å². The molecule has 0 amide bonds. The molecule has 2 heterocycles. The van der Waals surface area contributed by atoms with Crippen molar-refractivity contribution < 1.29 is 4.74 Å². The van der Waals surface area contributed by atoms with Crippen LogP contribution in [0.25, 0.3) is 0 Å². The number of aryl methyl sites for hydroxylation is 1. The number of fused-ring (bicyclic) bond motifs is 1. The summed E-state index contributed by atoms with van der Waals surface area (Å²) in [6.45, 7) is 0.777. The van der Waals surface area contributed by atoms with Crippen LogP contribution in [0.4, 0.5) is 0 Å². The summed E-state index contributed by atoms with van der Waals surface area (Å²) in [4.78, 5) is 1.42. The summed E-state index contributed by atoms with van der Waals surface area (Å²) >= 11 is 1.81. The summed E-state index contributed by atoms with van der Waals surface area (Å²) in [6.07, 6.45) is 3.15. The molecule has 1 aliphatic heterocycles. The Morgan fingerprint density at radius 2 is 2.20 bits per heavy atom. The first-order chi connectivity index (χ1) is 9.88. The van der Waals surface area contributed by atoms with E-state index >= 15 is 0 Å². The second-order valence-corrected chi connectivity index (χ2v) is 6.20. The van der Waals surface area contributed by atoms with Gasteiger partial charge in [-0.2, -0.15) is 0 Å². The van der Waals surface area contributed by atoms with Gasteiger partial charge in [0.15, 0.2) is 0 Å². The summed E-state index contributed by atoms with van der Waals surface area (Å²) in [6, 6.07) is 12.9. The van der Waals surface area contributed by atoms with Crippen LogP contribution in [0.15, 0.2) is 41.8 Å². The zero-order valence-electron chi connectivity index (χ0n) is 11.4.